The van der Waals surface area contributed by atoms with Crippen molar-refractivity contribution in [2.75, 3.05) is 13.2 Å². The minimum absolute atomic E-state index is 0.102. The van der Waals surface area contributed by atoms with Crippen LogP contribution in [0, 0.1) is 12.3 Å². The van der Waals surface area contributed by atoms with Gasteiger partial charge in [-0.05, 0) is 47.2 Å². The Morgan fingerprint density at radius 2 is 1.93 bits per heavy atom. The lowest BCUT2D eigenvalue weighted by atomic mass is 9.96. The fourth-order valence-electron chi connectivity index (χ4n) is 2.56. The third-order valence-corrected chi connectivity index (χ3v) is 5.38. The molecule has 4 nitrogen and oxygen atoms in total. The number of rotatable bonds is 7. The number of amides is 1. The van der Waals surface area contributed by atoms with Crippen molar-refractivity contribution in [3.63, 3.8) is 0 Å². The number of halogens is 2. The second-order valence-electron chi connectivity index (χ2n) is 6.36. The zero-order valence-corrected chi connectivity index (χ0v) is 18.4. The van der Waals surface area contributed by atoms with Gasteiger partial charge in [0.05, 0.1) is 6.54 Å². The Morgan fingerprint density at radius 1 is 1.26 bits per heavy atom. The van der Waals surface area contributed by atoms with E-state index in [1.807, 2.05) is 24.3 Å². The molecule has 6 heteroatoms. The standard InChI is InChI=1S/C21H21Br2NO3/c1-4-7-24-21(26)12-27-15-10-18(22)17(19(23)11-15)9-14-5-6-20(25)16(8-14)13(2)3/h1,5-6,8,10-11,13,25H,7,9,12H2,2-3H3,(H,24,26). The molecule has 27 heavy (non-hydrogen) atoms. The Hall–Kier alpha value is -1.97. The maximum Gasteiger partial charge on any atom is 0.258 e. The van der Waals surface area contributed by atoms with Gasteiger partial charge in [-0.1, -0.05) is 63.8 Å². The van der Waals surface area contributed by atoms with Crippen molar-refractivity contribution in [2.24, 2.45) is 0 Å². The Kier molecular flexibility index (Phi) is 7.76. The van der Waals surface area contributed by atoms with Gasteiger partial charge in [0.2, 0.25) is 0 Å². The van der Waals surface area contributed by atoms with Gasteiger partial charge in [-0.15, -0.1) is 6.42 Å². The van der Waals surface area contributed by atoms with Gasteiger partial charge in [0, 0.05) is 8.95 Å². The molecular weight excluding hydrogens is 474 g/mol. The number of hydrogen-bond acceptors (Lipinski definition) is 3. The second-order valence-corrected chi connectivity index (χ2v) is 8.07. The lowest BCUT2D eigenvalue weighted by Crippen LogP contribution is -2.29. The minimum Gasteiger partial charge on any atom is -0.508 e. The van der Waals surface area contributed by atoms with Crippen LogP contribution in [0.3, 0.4) is 0 Å². The number of ether oxygens (including phenoxy) is 1. The summed E-state index contributed by atoms with van der Waals surface area (Å²) in [7, 11) is 0. The van der Waals surface area contributed by atoms with Crippen molar-refractivity contribution in [3.05, 3.63) is 56.0 Å². The van der Waals surface area contributed by atoms with E-state index in [4.69, 9.17) is 11.2 Å². The van der Waals surface area contributed by atoms with E-state index in [-0.39, 0.29) is 25.0 Å². The van der Waals surface area contributed by atoms with Crippen LogP contribution in [-0.4, -0.2) is 24.2 Å². The molecule has 0 aromatic heterocycles. The van der Waals surface area contributed by atoms with Crippen molar-refractivity contribution in [1.82, 2.24) is 5.32 Å². The van der Waals surface area contributed by atoms with Gasteiger partial charge in [-0.25, -0.2) is 0 Å². The molecule has 2 aromatic carbocycles. The predicted molar refractivity (Wildman–Crippen MR) is 114 cm³/mol. The van der Waals surface area contributed by atoms with E-state index in [0.717, 1.165) is 25.6 Å². The molecule has 0 spiro atoms. The lowest BCUT2D eigenvalue weighted by Gasteiger charge is -2.14. The molecule has 2 N–H and O–H groups in total. The normalized spacial score (nSPS) is 10.5. The van der Waals surface area contributed by atoms with Gasteiger partial charge in [0.15, 0.2) is 6.61 Å². The molecule has 142 valence electrons. The number of aromatic hydroxyl groups is 1. The highest BCUT2D eigenvalue weighted by Crippen LogP contribution is 2.34. The van der Waals surface area contributed by atoms with Crippen LogP contribution in [0.1, 0.15) is 36.5 Å². The fourth-order valence-corrected chi connectivity index (χ4v) is 3.99. The third kappa shape index (κ3) is 6.02. The monoisotopic (exact) mass is 493 g/mol. The van der Waals surface area contributed by atoms with E-state index >= 15 is 0 Å². The maximum atomic E-state index is 11.6. The number of carbonyl (C=O) groups is 1. The molecule has 0 saturated carbocycles. The number of terminal acetylenes is 1. The molecule has 0 atom stereocenters. The quantitative estimate of drug-likeness (QED) is 0.545. The predicted octanol–water partition coefficient (Wildman–Crippen LogP) is 4.76. The Bertz CT molecular complexity index is 849. The van der Waals surface area contributed by atoms with Crippen molar-refractivity contribution < 1.29 is 14.6 Å². The summed E-state index contributed by atoms with van der Waals surface area (Å²) < 4.78 is 7.27. The number of phenols is 1. The molecule has 0 aliphatic heterocycles. The zero-order valence-electron chi connectivity index (χ0n) is 15.2. The summed E-state index contributed by atoms with van der Waals surface area (Å²) in [6.45, 7) is 4.18. The number of phenolic OH excluding ortho intramolecular Hbond substituents is 1. The highest BCUT2D eigenvalue weighted by atomic mass is 79.9. The topological polar surface area (TPSA) is 58.6 Å². The zero-order chi connectivity index (χ0) is 20.0. The summed E-state index contributed by atoms with van der Waals surface area (Å²) in [5, 5.41) is 12.5. The van der Waals surface area contributed by atoms with Crippen LogP contribution in [0.5, 0.6) is 11.5 Å². The second kappa shape index (κ2) is 9.82. The van der Waals surface area contributed by atoms with Gasteiger partial charge >= 0.3 is 0 Å². The van der Waals surface area contributed by atoms with Gasteiger partial charge in [0.1, 0.15) is 11.5 Å². The van der Waals surface area contributed by atoms with Crippen LogP contribution >= 0.6 is 31.9 Å². The van der Waals surface area contributed by atoms with Gasteiger partial charge in [-0.2, -0.15) is 0 Å². The number of carbonyl (C=O) groups excluding carboxylic acids is 1. The summed E-state index contributed by atoms with van der Waals surface area (Å²) in [6.07, 6.45) is 5.79. The SMILES string of the molecule is C#CCNC(=O)COc1cc(Br)c(Cc2ccc(O)c(C(C)C)c2)c(Br)c1. The average molecular weight is 495 g/mol. The largest absolute Gasteiger partial charge is 0.508 e. The van der Waals surface area contributed by atoms with E-state index < -0.39 is 0 Å². The number of hydrogen-bond donors (Lipinski definition) is 2. The minimum atomic E-state index is -0.269. The van der Waals surface area contributed by atoms with E-state index in [1.165, 1.54) is 0 Å². The number of benzene rings is 2. The van der Waals surface area contributed by atoms with Crippen molar-refractivity contribution >= 4 is 37.8 Å². The smallest absolute Gasteiger partial charge is 0.258 e. The summed E-state index contributed by atoms with van der Waals surface area (Å²) in [6, 6.07) is 9.34. The lowest BCUT2D eigenvalue weighted by molar-refractivity contribution is -0.122. The van der Waals surface area contributed by atoms with Gasteiger partial charge < -0.3 is 15.2 Å². The van der Waals surface area contributed by atoms with Crippen LogP contribution in [0.25, 0.3) is 0 Å². The fraction of sp³-hybridized carbons (Fsp3) is 0.286. The summed E-state index contributed by atoms with van der Waals surface area (Å²) >= 11 is 7.16. The van der Waals surface area contributed by atoms with Crippen LogP contribution in [0.15, 0.2) is 39.3 Å². The van der Waals surface area contributed by atoms with Crippen LogP contribution in [0.2, 0.25) is 0 Å². The van der Waals surface area contributed by atoms with Crippen LogP contribution in [-0.2, 0) is 11.2 Å². The Labute approximate surface area is 176 Å². The summed E-state index contributed by atoms with van der Waals surface area (Å²) in [5.41, 5.74) is 3.08. The first kappa shape index (κ1) is 21.3. The first-order valence-corrected chi connectivity index (χ1v) is 10.0. The van der Waals surface area contributed by atoms with Gasteiger partial charge in [-0.3, -0.25) is 4.79 Å². The van der Waals surface area contributed by atoms with Crippen LogP contribution in [0.4, 0.5) is 0 Å². The average Bonchev–Trinajstić information content (AvgIpc) is 2.62. The molecule has 2 rings (SSSR count). The first-order valence-electron chi connectivity index (χ1n) is 8.44. The van der Waals surface area contributed by atoms with Crippen molar-refractivity contribution in [2.45, 2.75) is 26.2 Å². The molecule has 0 heterocycles. The first-order chi connectivity index (χ1) is 12.8. The Morgan fingerprint density at radius 3 is 2.52 bits per heavy atom. The summed E-state index contributed by atoms with van der Waals surface area (Å²) in [4.78, 5) is 11.6. The molecule has 0 aliphatic carbocycles. The highest BCUT2D eigenvalue weighted by Gasteiger charge is 2.13. The molecule has 0 unspecified atom stereocenters. The van der Waals surface area contributed by atoms with E-state index in [0.29, 0.717) is 17.9 Å². The van der Waals surface area contributed by atoms with Crippen molar-refractivity contribution in [1.29, 1.82) is 0 Å². The van der Waals surface area contributed by atoms with Gasteiger partial charge in [0.25, 0.3) is 5.91 Å². The maximum absolute atomic E-state index is 11.6. The number of nitrogens with one attached hydrogen (secondary N) is 1. The molecular formula is C21H21Br2NO3. The summed E-state index contributed by atoms with van der Waals surface area (Å²) in [5.74, 6) is 3.21. The highest BCUT2D eigenvalue weighted by molar-refractivity contribution is 9.11. The molecule has 2 aromatic rings. The molecule has 0 fully saturated rings. The van der Waals surface area contributed by atoms with Crippen molar-refractivity contribution in [3.8, 4) is 23.8 Å². The molecule has 0 aliphatic rings. The van der Waals surface area contributed by atoms with Crippen LogP contribution < -0.4 is 10.1 Å². The van der Waals surface area contributed by atoms with E-state index in [2.05, 4.69) is 56.9 Å². The van der Waals surface area contributed by atoms with E-state index in [1.54, 1.807) is 6.07 Å². The molecule has 1 amide bonds. The molecule has 0 saturated heterocycles. The third-order valence-electron chi connectivity index (χ3n) is 3.97. The van der Waals surface area contributed by atoms with E-state index in [9.17, 15) is 9.90 Å². The molecule has 0 bridgehead atoms. The molecule has 0 radical (unpaired) electrons. The Balaban J connectivity index is 2.14.